The van der Waals surface area contributed by atoms with E-state index in [9.17, 15) is 14.4 Å². The van der Waals surface area contributed by atoms with Gasteiger partial charge in [-0.3, -0.25) is 14.4 Å². The Labute approximate surface area is 306 Å². The van der Waals surface area contributed by atoms with E-state index < -0.39 is 34.3 Å². The first-order valence-electron chi connectivity index (χ1n) is 17.8. The number of nitrogens with zero attached hydrogens (tertiary/aromatic N) is 4. The molecule has 2 amide bonds. The Bertz CT molecular complexity index is 2150. The minimum Gasteiger partial charge on any atom is -0.375 e. The number of oxime groups is 1. The van der Waals surface area contributed by atoms with Gasteiger partial charge in [0.1, 0.15) is 5.69 Å². The largest absolute Gasteiger partial charge is 0.375 e. The average molecular weight is 718 g/mol. The van der Waals surface area contributed by atoms with Crippen molar-refractivity contribution in [2.45, 2.75) is 64.3 Å². The van der Waals surface area contributed by atoms with Crippen molar-refractivity contribution in [2.75, 3.05) is 23.3 Å². The van der Waals surface area contributed by atoms with Gasteiger partial charge < -0.3 is 24.5 Å². The molecule has 0 unspecified atom stereocenters. The third-order valence-electron chi connectivity index (χ3n) is 10.1. The van der Waals surface area contributed by atoms with Crippen LogP contribution in [0.15, 0.2) is 107 Å². The van der Waals surface area contributed by atoms with Crippen LogP contribution in [-0.4, -0.2) is 52.7 Å². The summed E-state index contributed by atoms with van der Waals surface area (Å²) in [6.07, 6.45) is 4.25. The molecule has 5 aromatic rings. The lowest BCUT2D eigenvalue weighted by atomic mass is 9.80. The molecule has 7 rings (SSSR count). The maximum absolute atomic E-state index is 17.0. The minimum atomic E-state index is -1.22. The van der Waals surface area contributed by atoms with Gasteiger partial charge in [-0.25, -0.2) is 8.78 Å². The molecule has 0 radical (unpaired) electrons. The van der Waals surface area contributed by atoms with E-state index in [0.29, 0.717) is 0 Å². The molecule has 1 aliphatic carbocycles. The van der Waals surface area contributed by atoms with Crippen molar-refractivity contribution in [2.24, 2.45) is 5.16 Å². The molecule has 1 saturated heterocycles. The van der Waals surface area contributed by atoms with E-state index in [1.807, 2.05) is 105 Å². The number of amides is 2. The normalized spacial score (nSPS) is 17.7. The van der Waals surface area contributed by atoms with Crippen molar-refractivity contribution < 1.29 is 23.2 Å². The van der Waals surface area contributed by atoms with E-state index in [1.54, 1.807) is 14.4 Å². The van der Waals surface area contributed by atoms with Crippen LogP contribution in [0.25, 0.3) is 10.9 Å². The third kappa shape index (κ3) is 6.45. The standard InChI is InChI=1S/C42H41F2N5O4/c1-26-23-47(24-27(2)49(26)29(4)51)40-36(43)38(46-28(3)50)35-39(37(40)44)48(34-20-21-34)25-30(41(35)52)22-45-53-42(31-14-8-5-9-15-31,32-16-10-6-11-17-32)33-18-12-7-13-19-33/h5-19,22,25-27,34H,20-21,23-24H2,1-4H3,(H,46,50)/b45-22+/t26-,27+. The molecule has 2 atom stereocenters. The van der Waals surface area contributed by atoms with Crippen LogP contribution in [0.2, 0.25) is 0 Å². The lowest BCUT2D eigenvalue weighted by Gasteiger charge is -2.45. The number of halogens is 2. The Morgan fingerprint density at radius 2 is 1.34 bits per heavy atom. The van der Waals surface area contributed by atoms with Crippen molar-refractivity contribution in [1.82, 2.24) is 9.47 Å². The molecule has 1 aliphatic heterocycles. The van der Waals surface area contributed by atoms with Gasteiger partial charge >= 0.3 is 0 Å². The quantitative estimate of drug-likeness (QED) is 0.0977. The number of piperazine rings is 1. The highest BCUT2D eigenvalue weighted by Gasteiger charge is 2.40. The lowest BCUT2D eigenvalue weighted by Crippen LogP contribution is -2.58. The van der Waals surface area contributed by atoms with Crippen LogP contribution in [0.4, 0.5) is 20.2 Å². The van der Waals surface area contributed by atoms with Crippen LogP contribution < -0.4 is 15.6 Å². The molecule has 0 bridgehead atoms. The summed E-state index contributed by atoms with van der Waals surface area (Å²) in [4.78, 5) is 49.1. The minimum absolute atomic E-state index is 0.0305. The second-order valence-corrected chi connectivity index (χ2v) is 13.9. The molecular formula is C42H41F2N5O4. The van der Waals surface area contributed by atoms with Crippen LogP contribution in [0, 0.1) is 11.6 Å². The van der Waals surface area contributed by atoms with Crippen molar-refractivity contribution >= 4 is 40.3 Å². The molecular weight excluding hydrogens is 676 g/mol. The SMILES string of the molecule is CC(=O)Nc1c(F)c(N2C[C@@H](C)N(C(C)=O)[C@@H](C)C2)c(F)c2c1c(=O)c(/C=N/OC(c1ccccc1)(c1ccccc1)c1ccccc1)cn2C1CC1. The van der Waals surface area contributed by atoms with Gasteiger partial charge in [-0.15, -0.1) is 0 Å². The van der Waals surface area contributed by atoms with Crippen LogP contribution in [0.5, 0.6) is 0 Å². The van der Waals surface area contributed by atoms with E-state index in [-0.39, 0.29) is 59.3 Å². The van der Waals surface area contributed by atoms with Crippen LogP contribution >= 0.6 is 0 Å². The summed E-state index contributed by atoms with van der Waals surface area (Å²) < 4.78 is 35.4. The number of carbonyl (C=O) groups excluding carboxylic acids is 2. The van der Waals surface area contributed by atoms with Crippen LogP contribution in [0.1, 0.15) is 68.8 Å². The second-order valence-electron chi connectivity index (χ2n) is 13.9. The Kier molecular flexibility index (Phi) is 9.59. The number of carbonyl (C=O) groups is 2. The van der Waals surface area contributed by atoms with Gasteiger partial charge in [0.05, 0.1) is 28.4 Å². The zero-order chi connectivity index (χ0) is 37.4. The molecule has 272 valence electrons. The molecule has 1 aromatic heterocycles. The summed E-state index contributed by atoms with van der Waals surface area (Å²) in [7, 11) is 0. The number of anilines is 2. The number of nitrogens with one attached hydrogen (secondary N) is 1. The van der Waals surface area contributed by atoms with Crippen molar-refractivity contribution in [3.05, 3.63) is 141 Å². The zero-order valence-electron chi connectivity index (χ0n) is 30.1. The predicted octanol–water partition coefficient (Wildman–Crippen LogP) is 7.36. The Morgan fingerprint density at radius 3 is 1.79 bits per heavy atom. The highest BCUT2D eigenvalue weighted by atomic mass is 19.1. The maximum Gasteiger partial charge on any atom is 0.221 e. The molecule has 2 aliphatic rings. The molecule has 9 nitrogen and oxygen atoms in total. The van der Waals surface area contributed by atoms with Gasteiger partial charge in [-0.2, -0.15) is 0 Å². The fourth-order valence-electron chi connectivity index (χ4n) is 7.81. The summed E-state index contributed by atoms with van der Waals surface area (Å²) in [5.74, 6) is -2.70. The lowest BCUT2D eigenvalue weighted by molar-refractivity contribution is -0.133. The third-order valence-corrected chi connectivity index (χ3v) is 10.1. The topological polar surface area (TPSA) is 96.2 Å². The first-order valence-corrected chi connectivity index (χ1v) is 17.8. The van der Waals surface area contributed by atoms with Crippen molar-refractivity contribution in [3.63, 3.8) is 0 Å². The number of fused-ring (bicyclic) bond motifs is 1. The molecule has 11 heteroatoms. The number of pyridine rings is 1. The van der Waals surface area contributed by atoms with Gasteiger partial charge in [-0.05, 0) is 26.7 Å². The van der Waals surface area contributed by atoms with Gasteiger partial charge in [0.15, 0.2) is 11.6 Å². The maximum atomic E-state index is 17.0. The monoisotopic (exact) mass is 717 g/mol. The zero-order valence-corrected chi connectivity index (χ0v) is 30.1. The first kappa shape index (κ1) is 35.6. The second kappa shape index (κ2) is 14.3. The summed E-state index contributed by atoms with van der Waals surface area (Å²) in [6.45, 7) is 6.64. The summed E-state index contributed by atoms with van der Waals surface area (Å²) in [6, 6.07) is 28.0. The van der Waals surface area contributed by atoms with Gasteiger partial charge in [0.25, 0.3) is 0 Å². The molecule has 1 saturated carbocycles. The Hall–Kier alpha value is -5.84. The van der Waals surface area contributed by atoms with Crippen LogP contribution in [-0.2, 0) is 20.0 Å². The van der Waals surface area contributed by atoms with E-state index in [0.717, 1.165) is 29.5 Å². The molecule has 53 heavy (non-hydrogen) atoms. The Balaban J connectivity index is 1.39. The number of rotatable bonds is 9. The summed E-state index contributed by atoms with van der Waals surface area (Å²) in [5.41, 5.74) is -0.379. The Morgan fingerprint density at radius 1 is 0.830 bits per heavy atom. The number of hydrogen-bond acceptors (Lipinski definition) is 6. The first-order chi connectivity index (χ1) is 25.5. The number of aromatic nitrogens is 1. The predicted molar refractivity (Wildman–Crippen MR) is 202 cm³/mol. The van der Waals surface area contributed by atoms with Crippen molar-refractivity contribution in [1.29, 1.82) is 0 Å². The number of hydrogen-bond donors (Lipinski definition) is 1. The van der Waals surface area contributed by atoms with Gasteiger partial charge in [-0.1, -0.05) is 96.2 Å². The van der Waals surface area contributed by atoms with Gasteiger partial charge in [0.2, 0.25) is 22.8 Å². The van der Waals surface area contributed by atoms with Gasteiger partial charge in [0, 0.05) is 67.9 Å². The van der Waals surface area contributed by atoms with E-state index >= 15 is 8.78 Å². The average Bonchev–Trinajstić information content (AvgIpc) is 3.99. The van der Waals surface area contributed by atoms with Crippen molar-refractivity contribution in [3.8, 4) is 0 Å². The molecule has 2 fully saturated rings. The van der Waals surface area contributed by atoms with E-state index in [1.165, 1.54) is 26.3 Å². The highest BCUT2D eigenvalue weighted by molar-refractivity contribution is 6.04. The summed E-state index contributed by atoms with van der Waals surface area (Å²) in [5, 5.41) is 6.66. The molecule has 1 N–H and O–H groups in total. The highest BCUT2D eigenvalue weighted by Crippen LogP contribution is 2.44. The molecule has 0 spiro atoms. The fourth-order valence-corrected chi connectivity index (χ4v) is 7.81. The van der Waals surface area contributed by atoms with E-state index in [2.05, 4.69) is 10.5 Å². The fraction of sp³-hybridized carbons (Fsp3) is 0.286. The molecule has 4 aromatic carbocycles. The smallest absolute Gasteiger partial charge is 0.221 e. The van der Waals surface area contributed by atoms with Crippen LogP contribution in [0.3, 0.4) is 0 Å². The number of benzene rings is 4. The molecule has 2 heterocycles. The van der Waals surface area contributed by atoms with E-state index in [4.69, 9.17) is 4.84 Å². The summed E-state index contributed by atoms with van der Waals surface area (Å²) >= 11 is 0.